The van der Waals surface area contributed by atoms with Crippen molar-refractivity contribution >= 4 is 29.5 Å². The van der Waals surface area contributed by atoms with E-state index in [-0.39, 0.29) is 49.9 Å². The summed E-state index contributed by atoms with van der Waals surface area (Å²) in [4.78, 5) is 70.7. The smallest absolute Gasteiger partial charge is 0.245 e. The molecule has 3 aliphatic heterocycles. The molecule has 0 aliphatic carbocycles. The standard InChI is InChI=1S/C34H43N5O7/c1-21(2)31-33(43)36-25(16-23-8-5-4-6-9-23)18-38(30(41)14-12-24-11-13-27-28(17-24)46-20-45-27)19-29(40)35-22(3)34(44)39-15-7-10-26(39)32(42)37-31/h4-6,8-9,11,13,17,21-22,25-26,31H,7,10,12,14-16,18-20H2,1-3H3,(H,35,40)(H,36,43)(H,37,42)/t22-,25-,26+,31-/m0/s1. The molecule has 2 aromatic rings. The topological polar surface area (TPSA) is 146 Å². The third kappa shape index (κ3) is 7.96. The van der Waals surface area contributed by atoms with Gasteiger partial charge in [-0.15, -0.1) is 0 Å². The summed E-state index contributed by atoms with van der Waals surface area (Å²) in [7, 11) is 0. The van der Waals surface area contributed by atoms with Gasteiger partial charge in [-0.3, -0.25) is 24.0 Å². The summed E-state index contributed by atoms with van der Waals surface area (Å²) >= 11 is 0. The zero-order chi connectivity index (χ0) is 32.8. The van der Waals surface area contributed by atoms with Crippen molar-refractivity contribution in [3.8, 4) is 11.5 Å². The molecular formula is C34H43N5O7. The summed E-state index contributed by atoms with van der Waals surface area (Å²) in [6.07, 6.45) is 1.99. The lowest BCUT2D eigenvalue weighted by Gasteiger charge is -2.31. The van der Waals surface area contributed by atoms with Crippen LogP contribution in [-0.2, 0) is 36.8 Å². The van der Waals surface area contributed by atoms with Crippen molar-refractivity contribution in [2.45, 2.75) is 77.0 Å². The summed E-state index contributed by atoms with van der Waals surface area (Å²) < 4.78 is 10.9. The second kappa shape index (κ2) is 14.7. The molecule has 2 fully saturated rings. The second-order valence-corrected chi connectivity index (χ2v) is 12.6. The highest BCUT2D eigenvalue weighted by molar-refractivity contribution is 5.95. The van der Waals surface area contributed by atoms with Gasteiger partial charge in [0.1, 0.15) is 18.1 Å². The molecule has 0 aromatic heterocycles. The van der Waals surface area contributed by atoms with Crippen LogP contribution in [0, 0.1) is 5.92 Å². The third-order valence-corrected chi connectivity index (χ3v) is 8.70. The summed E-state index contributed by atoms with van der Waals surface area (Å²) in [6, 6.07) is 12.0. The van der Waals surface area contributed by atoms with E-state index in [0.717, 1.165) is 11.1 Å². The lowest BCUT2D eigenvalue weighted by Crippen LogP contribution is -2.58. The average molecular weight is 634 g/mol. The number of benzene rings is 2. The number of carbonyl (C=O) groups excluding carboxylic acids is 5. The van der Waals surface area contributed by atoms with Crippen LogP contribution in [0.5, 0.6) is 11.5 Å². The molecule has 0 radical (unpaired) electrons. The van der Waals surface area contributed by atoms with Gasteiger partial charge in [-0.1, -0.05) is 50.2 Å². The van der Waals surface area contributed by atoms with Crippen LogP contribution >= 0.6 is 0 Å². The fraction of sp³-hybridized carbons (Fsp3) is 0.500. The maximum atomic E-state index is 13.8. The van der Waals surface area contributed by atoms with E-state index in [0.29, 0.717) is 43.7 Å². The van der Waals surface area contributed by atoms with Crippen LogP contribution in [0.15, 0.2) is 48.5 Å². The Hall–Kier alpha value is -4.61. The molecule has 2 saturated heterocycles. The highest BCUT2D eigenvalue weighted by atomic mass is 16.7. The van der Waals surface area contributed by atoms with Crippen molar-refractivity contribution < 1.29 is 33.4 Å². The summed E-state index contributed by atoms with van der Waals surface area (Å²) in [5.41, 5.74) is 1.82. The Morgan fingerprint density at radius 2 is 1.70 bits per heavy atom. The largest absolute Gasteiger partial charge is 0.454 e. The number of hydrogen-bond donors (Lipinski definition) is 3. The van der Waals surface area contributed by atoms with Gasteiger partial charge in [0.2, 0.25) is 36.3 Å². The molecule has 12 nitrogen and oxygen atoms in total. The Morgan fingerprint density at radius 1 is 0.935 bits per heavy atom. The number of fused-ring (bicyclic) bond motifs is 2. The van der Waals surface area contributed by atoms with Gasteiger partial charge in [-0.05, 0) is 61.8 Å². The maximum Gasteiger partial charge on any atom is 0.245 e. The van der Waals surface area contributed by atoms with E-state index in [1.54, 1.807) is 13.0 Å². The van der Waals surface area contributed by atoms with Gasteiger partial charge in [-0.2, -0.15) is 0 Å². The van der Waals surface area contributed by atoms with Crippen LogP contribution in [0.4, 0.5) is 0 Å². The van der Waals surface area contributed by atoms with E-state index in [1.807, 2.05) is 56.3 Å². The number of nitrogens with zero attached hydrogens (tertiary/aromatic N) is 2. The second-order valence-electron chi connectivity index (χ2n) is 12.6. The third-order valence-electron chi connectivity index (χ3n) is 8.70. The molecule has 3 aliphatic rings. The van der Waals surface area contributed by atoms with E-state index < -0.39 is 36.0 Å². The fourth-order valence-corrected chi connectivity index (χ4v) is 6.24. The highest BCUT2D eigenvalue weighted by Gasteiger charge is 2.39. The number of rotatable bonds is 6. The first-order valence-electron chi connectivity index (χ1n) is 16.0. The molecular weight excluding hydrogens is 590 g/mol. The minimum Gasteiger partial charge on any atom is -0.454 e. The number of nitrogens with one attached hydrogen (secondary N) is 3. The number of carbonyl (C=O) groups is 5. The predicted molar refractivity (Wildman–Crippen MR) is 169 cm³/mol. The van der Waals surface area contributed by atoms with Crippen molar-refractivity contribution in [3.05, 3.63) is 59.7 Å². The molecule has 12 heteroatoms. The van der Waals surface area contributed by atoms with Crippen LogP contribution in [0.2, 0.25) is 0 Å². The van der Waals surface area contributed by atoms with Crippen LogP contribution in [0.3, 0.4) is 0 Å². The van der Waals surface area contributed by atoms with Crippen LogP contribution in [0.25, 0.3) is 0 Å². The molecule has 46 heavy (non-hydrogen) atoms. The zero-order valence-corrected chi connectivity index (χ0v) is 26.6. The van der Waals surface area contributed by atoms with E-state index in [9.17, 15) is 24.0 Å². The van der Waals surface area contributed by atoms with Crippen LogP contribution in [-0.4, -0.2) is 89.9 Å². The molecule has 2 aromatic carbocycles. The molecule has 5 rings (SSSR count). The van der Waals surface area contributed by atoms with Crippen molar-refractivity contribution in [2.24, 2.45) is 5.92 Å². The lowest BCUT2D eigenvalue weighted by atomic mass is 10.00. The van der Waals surface area contributed by atoms with E-state index in [2.05, 4.69) is 16.0 Å². The molecule has 0 spiro atoms. The van der Waals surface area contributed by atoms with E-state index >= 15 is 0 Å². The molecule has 0 bridgehead atoms. The molecule has 0 saturated carbocycles. The monoisotopic (exact) mass is 633 g/mol. The van der Waals surface area contributed by atoms with Gasteiger partial charge in [0.15, 0.2) is 11.5 Å². The number of ether oxygens (including phenoxy) is 2. The lowest BCUT2D eigenvalue weighted by molar-refractivity contribution is -0.142. The Labute approximate surface area is 269 Å². The van der Waals surface area contributed by atoms with E-state index in [4.69, 9.17) is 9.47 Å². The highest BCUT2D eigenvalue weighted by Crippen LogP contribution is 2.32. The Balaban J connectivity index is 1.42. The Morgan fingerprint density at radius 3 is 2.46 bits per heavy atom. The molecule has 5 amide bonds. The summed E-state index contributed by atoms with van der Waals surface area (Å²) in [5.74, 6) is -0.924. The van der Waals surface area contributed by atoms with Gasteiger partial charge in [0, 0.05) is 19.5 Å². The van der Waals surface area contributed by atoms with Crippen LogP contribution < -0.4 is 25.4 Å². The number of aryl methyl sites for hydroxylation is 1. The fourth-order valence-electron chi connectivity index (χ4n) is 6.24. The maximum absolute atomic E-state index is 13.8. The first kappa shape index (κ1) is 32.8. The number of amides is 5. The Bertz CT molecular complexity index is 1450. The van der Waals surface area contributed by atoms with Crippen molar-refractivity contribution in [1.29, 1.82) is 0 Å². The average Bonchev–Trinajstić information content (AvgIpc) is 3.71. The van der Waals surface area contributed by atoms with Crippen molar-refractivity contribution in [2.75, 3.05) is 26.4 Å². The molecule has 3 heterocycles. The van der Waals surface area contributed by atoms with Gasteiger partial charge in [-0.25, -0.2) is 0 Å². The SMILES string of the molecule is CC(C)[C@@H]1NC(=O)[C@H]2CCCN2C(=O)[C@H](C)NC(=O)CN(C(=O)CCc2ccc3c(c2)OCO3)C[C@H](Cc2ccccc2)NC1=O. The normalized spacial score (nSPS) is 24.1. The van der Waals surface area contributed by atoms with Gasteiger partial charge < -0.3 is 35.2 Å². The van der Waals surface area contributed by atoms with Crippen LogP contribution in [0.1, 0.15) is 51.2 Å². The summed E-state index contributed by atoms with van der Waals surface area (Å²) in [5, 5.41) is 8.71. The molecule has 3 N–H and O–H groups in total. The first-order valence-corrected chi connectivity index (χ1v) is 16.0. The molecule has 4 atom stereocenters. The summed E-state index contributed by atoms with van der Waals surface area (Å²) in [6.45, 7) is 5.54. The van der Waals surface area contributed by atoms with E-state index in [1.165, 1.54) is 9.80 Å². The minimum absolute atomic E-state index is 0.0455. The first-order chi connectivity index (χ1) is 22.1. The van der Waals surface area contributed by atoms with Gasteiger partial charge in [0.05, 0.1) is 12.6 Å². The number of hydrogen-bond acceptors (Lipinski definition) is 7. The van der Waals surface area contributed by atoms with Crippen molar-refractivity contribution in [3.63, 3.8) is 0 Å². The van der Waals surface area contributed by atoms with Gasteiger partial charge >= 0.3 is 0 Å². The molecule has 0 unspecified atom stereocenters. The Kier molecular flexibility index (Phi) is 10.4. The minimum atomic E-state index is -0.905. The van der Waals surface area contributed by atoms with Gasteiger partial charge in [0.25, 0.3) is 0 Å². The zero-order valence-electron chi connectivity index (χ0n) is 26.6. The molecule has 246 valence electrons. The quantitative estimate of drug-likeness (QED) is 0.438. The van der Waals surface area contributed by atoms with Crippen molar-refractivity contribution in [1.82, 2.24) is 25.8 Å². The predicted octanol–water partition coefficient (Wildman–Crippen LogP) is 1.55.